The number of rotatable bonds is 9. The Labute approximate surface area is 156 Å². The van der Waals surface area contributed by atoms with Gasteiger partial charge in [-0.1, -0.05) is 19.8 Å². The maximum Gasteiger partial charge on any atom is 0.306 e. The molecule has 146 valence electrons. The van der Waals surface area contributed by atoms with Crippen LogP contribution in [0.4, 0.5) is 0 Å². The molecule has 0 bridgehead atoms. The van der Waals surface area contributed by atoms with Crippen LogP contribution in [0.5, 0.6) is 17.2 Å². The molecule has 0 spiro atoms. The zero-order valence-corrected chi connectivity index (χ0v) is 16.3. The summed E-state index contributed by atoms with van der Waals surface area (Å²) in [6, 6.07) is 4.14. The fourth-order valence-electron chi connectivity index (χ4n) is 3.78. The molecular formula is C20H31NO5. The van der Waals surface area contributed by atoms with Gasteiger partial charge in [0.1, 0.15) is 0 Å². The van der Waals surface area contributed by atoms with Gasteiger partial charge in [-0.2, -0.15) is 0 Å². The van der Waals surface area contributed by atoms with E-state index in [1.165, 1.54) is 0 Å². The number of likely N-dealkylation sites (tertiary alicyclic amines) is 1. The van der Waals surface area contributed by atoms with Gasteiger partial charge in [0.05, 0.1) is 27.2 Å². The van der Waals surface area contributed by atoms with Gasteiger partial charge < -0.3 is 19.3 Å². The Bertz CT molecular complexity index is 596. The summed E-state index contributed by atoms with van der Waals surface area (Å²) in [5, 5.41) is 9.26. The Balaban J connectivity index is 2.33. The number of carboxylic acid groups (broad SMARTS) is 1. The molecule has 6 nitrogen and oxygen atoms in total. The summed E-state index contributed by atoms with van der Waals surface area (Å²) in [5.74, 6) is 1.04. The average Bonchev–Trinajstić information content (AvgIpc) is 2.67. The molecule has 1 aromatic carbocycles. The molecule has 0 radical (unpaired) electrons. The van der Waals surface area contributed by atoms with Crippen molar-refractivity contribution >= 4 is 5.97 Å². The Morgan fingerprint density at radius 2 is 1.81 bits per heavy atom. The van der Waals surface area contributed by atoms with E-state index in [1.54, 1.807) is 21.3 Å². The first-order valence-electron chi connectivity index (χ1n) is 9.33. The third-order valence-electron chi connectivity index (χ3n) is 5.24. The number of piperidine rings is 1. The van der Waals surface area contributed by atoms with Crippen molar-refractivity contribution in [2.45, 2.75) is 45.1 Å². The maximum atomic E-state index is 11.3. The van der Waals surface area contributed by atoms with E-state index in [0.717, 1.165) is 37.9 Å². The molecule has 1 atom stereocenters. The lowest BCUT2D eigenvalue weighted by Crippen LogP contribution is -2.39. The van der Waals surface area contributed by atoms with Gasteiger partial charge in [0, 0.05) is 11.6 Å². The number of carbonyl (C=O) groups is 1. The van der Waals surface area contributed by atoms with Crippen molar-refractivity contribution in [1.29, 1.82) is 0 Å². The summed E-state index contributed by atoms with van der Waals surface area (Å²) < 4.78 is 16.6. The minimum absolute atomic E-state index is 0.180. The molecule has 2 rings (SSSR count). The van der Waals surface area contributed by atoms with Crippen molar-refractivity contribution < 1.29 is 24.1 Å². The number of hydrogen-bond acceptors (Lipinski definition) is 5. The van der Waals surface area contributed by atoms with Gasteiger partial charge in [-0.15, -0.1) is 0 Å². The van der Waals surface area contributed by atoms with Crippen LogP contribution < -0.4 is 14.2 Å². The lowest BCUT2D eigenvalue weighted by atomic mass is 9.92. The lowest BCUT2D eigenvalue weighted by molar-refractivity contribution is -0.143. The van der Waals surface area contributed by atoms with Crippen LogP contribution in [0, 0.1) is 5.92 Å². The van der Waals surface area contributed by atoms with E-state index in [-0.39, 0.29) is 12.0 Å². The van der Waals surface area contributed by atoms with Crippen molar-refractivity contribution in [2.75, 3.05) is 34.4 Å². The molecule has 1 N–H and O–H groups in total. The Morgan fingerprint density at radius 3 is 2.31 bits per heavy atom. The molecule has 26 heavy (non-hydrogen) atoms. The zero-order valence-electron chi connectivity index (χ0n) is 16.3. The smallest absolute Gasteiger partial charge is 0.306 e. The van der Waals surface area contributed by atoms with E-state index in [4.69, 9.17) is 14.2 Å². The highest BCUT2D eigenvalue weighted by atomic mass is 16.5. The summed E-state index contributed by atoms with van der Waals surface area (Å²) in [5.41, 5.74) is 1.08. The zero-order chi connectivity index (χ0) is 19.1. The van der Waals surface area contributed by atoms with Crippen LogP contribution in [0.15, 0.2) is 12.1 Å². The number of carboxylic acids is 1. The first kappa shape index (κ1) is 20.4. The largest absolute Gasteiger partial charge is 0.493 e. The molecule has 0 amide bonds. The predicted octanol–water partition coefficient (Wildman–Crippen LogP) is 3.74. The molecule has 0 saturated carbocycles. The third-order valence-corrected chi connectivity index (χ3v) is 5.24. The van der Waals surface area contributed by atoms with Crippen molar-refractivity contribution in [3.8, 4) is 17.2 Å². The van der Waals surface area contributed by atoms with Crippen molar-refractivity contribution in [3.05, 3.63) is 17.7 Å². The maximum absolute atomic E-state index is 11.3. The van der Waals surface area contributed by atoms with Gasteiger partial charge in [-0.05, 0) is 44.5 Å². The van der Waals surface area contributed by atoms with Gasteiger partial charge in [0.25, 0.3) is 0 Å². The molecule has 1 aromatic rings. The number of ether oxygens (including phenoxy) is 3. The Morgan fingerprint density at radius 1 is 1.15 bits per heavy atom. The summed E-state index contributed by atoms with van der Waals surface area (Å²) in [6.45, 7) is 3.74. The van der Waals surface area contributed by atoms with E-state index < -0.39 is 5.97 Å². The lowest BCUT2D eigenvalue weighted by Gasteiger charge is -2.37. The molecule has 1 heterocycles. The average molecular weight is 365 g/mol. The molecule has 1 saturated heterocycles. The Hall–Kier alpha value is -1.95. The van der Waals surface area contributed by atoms with E-state index in [2.05, 4.69) is 11.8 Å². The standard InChI is InChI=1S/C20H31NO5/c1-5-6-7-16(21-12-10-14(11-13-21)20(22)23)15-8-9-17(24-2)19(26-4)18(15)25-3/h8-9,14,16H,5-7,10-13H2,1-4H3,(H,22,23). The van der Waals surface area contributed by atoms with E-state index in [9.17, 15) is 9.90 Å². The second kappa shape index (κ2) is 9.67. The van der Waals surface area contributed by atoms with E-state index >= 15 is 0 Å². The summed E-state index contributed by atoms with van der Waals surface area (Å²) >= 11 is 0. The van der Waals surface area contributed by atoms with Crippen LogP contribution in [0.2, 0.25) is 0 Å². The number of nitrogens with zero attached hydrogens (tertiary/aromatic N) is 1. The minimum Gasteiger partial charge on any atom is -0.493 e. The van der Waals surface area contributed by atoms with Crippen molar-refractivity contribution in [2.24, 2.45) is 5.92 Å². The highest BCUT2D eigenvalue weighted by molar-refractivity contribution is 5.70. The number of unbranched alkanes of at least 4 members (excludes halogenated alkanes) is 1. The molecule has 0 aliphatic carbocycles. The van der Waals surface area contributed by atoms with Crippen LogP contribution >= 0.6 is 0 Å². The fourth-order valence-corrected chi connectivity index (χ4v) is 3.78. The SMILES string of the molecule is CCCCC(c1ccc(OC)c(OC)c1OC)N1CCC(C(=O)O)CC1. The normalized spacial score (nSPS) is 16.9. The number of aliphatic carboxylic acids is 1. The van der Waals surface area contributed by atoms with E-state index in [0.29, 0.717) is 30.1 Å². The molecule has 1 aliphatic heterocycles. The van der Waals surface area contributed by atoms with Gasteiger partial charge >= 0.3 is 5.97 Å². The first-order chi connectivity index (χ1) is 12.6. The highest BCUT2D eigenvalue weighted by Crippen LogP contribution is 2.45. The molecule has 1 fully saturated rings. The number of benzene rings is 1. The number of methoxy groups -OCH3 is 3. The van der Waals surface area contributed by atoms with Crippen LogP contribution in [0.3, 0.4) is 0 Å². The second-order valence-corrected chi connectivity index (χ2v) is 6.73. The van der Waals surface area contributed by atoms with Crippen LogP contribution in [-0.4, -0.2) is 50.4 Å². The topological polar surface area (TPSA) is 68.2 Å². The van der Waals surface area contributed by atoms with Gasteiger partial charge in [-0.3, -0.25) is 9.69 Å². The highest BCUT2D eigenvalue weighted by Gasteiger charge is 2.31. The second-order valence-electron chi connectivity index (χ2n) is 6.73. The Kier molecular flexibility index (Phi) is 7.57. The number of hydrogen-bond donors (Lipinski definition) is 1. The van der Waals surface area contributed by atoms with Crippen LogP contribution in [0.25, 0.3) is 0 Å². The van der Waals surface area contributed by atoms with Crippen LogP contribution in [-0.2, 0) is 4.79 Å². The molecule has 0 aromatic heterocycles. The monoisotopic (exact) mass is 365 g/mol. The van der Waals surface area contributed by atoms with Gasteiger partial charge in [0.15, 0.2) is 11.5 Å². The van der Waals surface area contributed by atoms with Gasteiger partial charge in [0.2, 0.25) is 5.75 Å². The fraction of sp³-hybridized carbons (Fsp3) is 0.650. The first-order valence-corrected chi connectivity index (χ1v) is 9.33. The van der Waals surface area contributed by atoms with Gasteiger partial charge in [-0.25, -0.2) is 0 Å². The summed E-state index contributed by atoms with van der Waals surface area (Å²) in [7, 11) is 4.88. The third kappa shape index (κ3) is 4.41. The quantitative estimate of drug-likeness (QED) is 0.719. The molecule has 1 unspecified atom stereocenters. The molecule has 1 aliphatic rings. The molecular weight excluding hydrogens is 334 g/mol. The van der Waals surface area contributed by atoms with Crippen LogP contribution in [0.1, 0.15) is 50.6 Å². The summed E-state index contributed by atoms with van der Waals surface area (Å²) in [6.07, 6.45) is 4.58. The van der Waals surface area contributed by atoms with Crippen molar-refractivity contribution in [1.82, 2.24) is 4.90 Å². The predicted molar refractivity (Wildman–Crippen MR) is 100 cm³/mol. The minimum atomic E-state index is -0.682. The molecule has 6 heteroatoms. The summed E-state index contributed by atoms with van der Waals surface area (Å²) in [4.78, 5) is 13.6. The van der Waals surface area contributed by atoms with E-state index in [1.807, 2.05) is 12.1 Å². The van der Waals surface area contributed by atoms with Crippen molar-refractivity contribution in [3.63, 3.8) is 0 Å².